The van der Waals surface area contributed by atoms with E-state index in [0.717, 1.165) is 11.0 Å². The van der Waals surface area contributed by atoms with Crippen molar-refractivity contribution >= 4 is 18.5 Å². The molecule has 1 N–H and O–H groups in total. The highest BCUT2D eigenvalue weighted by Gasteiger charge is 2.51. The predicted molar refractivity (Wildman–Crippen MR) is 80.8 cm³/mol. The van der Waals surface area contributed by atoms with Crippen LogP contribution in [0, 0.1) is 6.92 Å². The van der Waals surface area contributed by atoms with Crippen molar-refractivity contribution < 1.29 is 19.3 Å². The van der Waals surface area contributed by atoms with Crippen molar-refractivity contribution in [1.82, 2.24) is 5.06 Å². The van der Waals surface area contributed by atoms with E-state index in [2.05, 4.69) is 0 Å². The second-order valence-corrected chi connectivity index (χ2v) is 6.49. The van der Waals surface area contributed by atoms with Gasteiger partial charge >= 0.3 is 7.12 Å². The smallest absolute Gasteiger partial charge is 0.399 e. The van der Waals surface area contributed by atoms with E-state index >= 15 is 0 Å². The van der Waals surface area contributed by atoms with Crippen LogP contribution in [0.2, 0.25) is 0 Å². The van der Waals surface area contributed by atoms with Crippen LogP contribution in [-0.4, -0.2) is 41.5 Å². The summed E-state index contributed by atoms with van der Waals surface area (Å²) in [7, 11) is 0.855. The molecule has 1 aliphatic heterocycles. The van der Waals surface area contributed by atoms with Gasteiger partial charge in [-0.3, -0.25) is 10.0 Å². The molecular weight excluding hydrogens is 269 g/mol. The van der Waals surface area contributed by atoms with Gasteiger partial charge in [-0.15, -0.1) is 0 Å². The molecule has 0 atom stereocenters. The predicted octanol–water partition coefficient (Wildman–Crippen LogP) is 1.76. The molecule has 1 fully saturated rings. The number of carbonyl (C=O) groups is 1. The summed E-state index contributed by atoms with van der Waals surface area (Å²) in [5.41, 5.74) is 1.30. The Bertz CT molecular complexity index is 553. The molecule has 0 saturated carbocycles. The lowest BCUT2D eigenvalue weighted by Crippen LogP contribution is -2.41. The molecule has 0 unspecified atom stereocenters. The van der Waals surface area contributed by atoms with Crippen LogP contribution < -0.4 is 5.46 Å². The van der Waals surface area contributed by atoms with Crippen molar-refractivity contribution in [3.63, 3.8) is 0 Å². The van der Waals surface area contributed by atoms with Gasteiger partial charge in [-0.25, -0.2) is 5.06 Å². The van der Waals surface area contributed by atoms with Gasteiger partial charge in [0.15, 0.2) is 0 Å². The van der Waals surface area contributed by atoms with Crippen LogP contribution in [-0.2, 0) is 9.31 Å². The standard InChI is InChI=1S/C15H22BNO4/c1-10-9-11(7-8-12(10)13(18)17(6)19)16-20-14(2,3)15(4,5)21-16/h7-9,19H,1-6H3. The van der Waals surface area contributed by atoms with Crippen molar-refractivity contribution in [3.05, 3.63) is 29.3 Å². The summed E-state index contributed by atoms with van der Waals surface area (Å²) >= 11 is 0. The third-order valence-corrected chi connectivity index (χ3v) is 4.30. The molecule has 0 spiro atoms. The lowest BCUT2D eigenvalue weighted by molar-refractivity contribution is -0.0375. The first kappa shape index (κ1) is 16.0. The quantitative estimate of drug-likeness (QED) is 0.512. The molecule has 1 saturated heterocycles. The highest BCUT2D eigenvalue weighted by Crippen LogP contribution is 2.36. The van der Waals surface area contributed by atoms with E-state index in [9.17, 15) is 10.0 Å². The fourth-order valence-electron chi connectivity index (χ4n) is 2.23. The van der Waals surface area contributed by atoms with E-state index < -0.39 is 24.2 Å². The van der Waals surface area contributed by atoms with Gasteiger partial charge in [0.25, 0.3) is 5.91 Å². The number of rotatable bonds is 2. The zero-order chi connectivity index (χ0) is 16.0. The van der Waals surface area contributed by atoms with Crippen LogP contribution in [0.1, 0.15) is 43.6 Å². The average Bonchev–Trinajstić information content (AvgIpc) is 2.57. The van der Waals surface area contributed by atoms with Gasteiger partial charge in [0.1, 0.15) is 0 Å². The number of carbonyl (C=O) groups excluding carboxylic acids is 1. The second kappa shape index (κ2) is 5.12. The minimum atomic E-state index is -0.454. The van der Waals surface area contributed by atoms with Crippen molar-refractivity contribution in [1.29, 1.82) is 0 Å². The third-order valence-electron chi connectivity index (χ3n) is 4.30. The largest absolute Gasteiger partial charge is 0.494 e. The molecule has 1 heterocycles. The molecule has 5 nitrogen and oxygen atoms in total. The van der Waals surface area contributed by atoms with Gasteiger partial charge in [-0.1, -0.05) is 12.1 Å². The van der Waals surface area contributed by atoms with Crippen LogP contribution in [0.3, 0.4) is 0 Å². The molecule has 21 heavy (non-hydrogen) atoms. The lowest BCUT2D eigenvalue weighted by atomic mass is 9.78. The zero-order valence-electron chi connectivity index (χ0n) is 13.4. The van der Waals surface area contributed by atoms with Gasteiger partial charge in [-0.2, -0.15) is 0 Å². The number of nitrogens with zero attached hydrogens (tertiary/aromatic N) is 1. The third kappa shape index (κ3) is 2.84. The minimum absolute atomic E-state index is 0.397. The number of aryl methyl sites for hydroxylation is 1. The Morgan fingerprint density at radius 3 is 2.14 bits per heavy atom. The maximum atomic E-state index is 11.8. The highest BCUT2D eigenvalue weighted by molar-refractivity contribution is 6.62. The molecule has 0 aliphatic carbocycles. The Morgan fingerprint density at radius 1 is 1.19 bits per heavy atom. The van der Waals surface area contributed by atoms with E-state index in [-0.39, 0.29) is 0 Å². The average molecular weight is 291 g/mol. The van der Waals surface area contributed by atoms with Gasteiger partial charge in [0, 0.05) is 12.6 Å². The van der Waals surface area contributed by atoms with Gasteiger partial charge < -0.3 is 9.31 Å². The molecular formula is C15H22BNO4. The summed E-state index contributed by atoms with van der Waals surface area (Å²) in [5, 5.41) is 9.83. The molecule has 6 heteroatoms. The Balaban J connectivity index is 2.28. The Kier molecular flexibility index (Phi) is 3.91. The van der Waals surface area contributed by atoms with Gasteiger partial charge in [-0.05, 0) is 51.7 Å². The monoisotopic (exact) mass is 291 g/mol. The summed E-state index contributed by atoms with van der Waals surface area (Å²) in [6.45, 7) is 9.82. The van der Waals surface area contributed by atoms with E-state index in [1.807, 2.05) is 40.7 Å². The topological polar surface area (TPSA) is 59.0 Å². The van der Waals surface area contributed by atoms with Crippen molar-refractivity contribution in [2.24, 2.45) is 0 Å². The molecule has 1 aromatic carbocycles. The first-order valence-electron chi connectivity index (χ1n) is 6.98. The van der Waals surface area contributed by atoms with E-state index in [1.165, 1.54) is 7.05 Å². The first-order chi connectivity index (χ1) is 9.55. The first-order valence-corrected chi connectivity index (χ1v) is 6.98. The normalized spacial score (nSPS) is 19.7. The van der Waals surface area contributed by atoms with Crippen LogP contribution >= 0.6 is 0 Å². The summed E-state index contributed by atoms with van der Waals surface area (Å²) < 4.78 is 12.0. The Morgan fingerprint density at radius 2 is 1.71 bits per heavy atom. The molecule has 2 rings (SSSR count). The van der Waals surface area contributed by atoms with Crippen molar-refractivity contribution in [2.75, 3.05) is 7.05 Å². The fourth-order valence-corrected chi connectivity index (χ4v) is 2.23. The fraction of sp³-hybridized carbons (Fsp3) is 0.533. The van der Waals surface area contributed by atoms with Crippen LogP contribution in [0.4, 0.5) is 0 Å². The lowest BCUT2D eigenvalue weighted by Gasteiger charge is -2.32. The number of benzene rings is 1. The number of hydroxylamine groups is 2. The Hall–Kier alpha value is -1.37. The van der Waals surface area contributed by atoms with Crippen molar-refractivity contribution in [2.45, 2.75) is 45.8 Å². The van der Waals surface area contributed by atoms with Gasteiger partial charge in [0.05, 0.1) is 11.2 Å². The molecule has 1 amide bonds. The summed E-state index contributed by atoms with van der Waals surface area (Å²) in [5.74, 6) is -0.437. The number of hydrogen-bond acceptors (Lipinski definition) is 4. The summed E-state index contributed by atoms with van der Waals surface area (Å²) in [6.07, 6.45) is 0. The molecule has 0 aromatic heterocycles. The molecule has 0 radical (unpaired) electrons. The van der Waals surface area contributed by atoms with Crippen molar-refractivity contribution in [3.8, 4) is 0 Å². The van der Waals surface area contributed by atoms with E-state index in [0.29, 0.717) is 10.6 Å². The van der Waals surface area contributed by atoms with Crippen LogP contribution in [0.25, 0.3) is 0 Å². The number of hydrogen-bond donors (Lipinski definition) is 1. The molecule has 1 aliphatic rings. The Labute approximate surface area is 125 Å². The molecule has 0 bridgehead atoms. The second-order valence-electron chi connectivity index (χ2n) is 6.49. The molecule has 114 valence electrons. The zero-order valence-corrected chi connectivity index (χ0v) is 13.4. The number of amides is 1. The SMILES string of the molecule is Cc1cc(B2OC(C)(C)C(C)(C)O2)ccc1C(=O)N(C)O. The van der Waals surface area contributed by atoms with E-state index in [1.54, 1.807) is 12.1 Å². The highest BCUT2D eigenvalue weighted by atomic mass is 16.7. The maximum Gasteiger partial charge on any atom is 0.494 e. The van der Waals surface area contributed by atoms with Gasteiger partial charge in [0.2, 0.25) is 0 Å². The molecule has 1 aromatic rings. The maximum absolute atomic E-state index is 11.8. The van der Waals surface area contributed by atoms with E-state index in [4.69, 9.17) is 9.31 Å². The summed E-state index contributed by atoms with van der Waals surface area (Å²) in [4.78, 5) is 11.8. The van der Waals surface area contributed by atoms with Crippen LogP contribution in [0.5, 0.6) is 0 Å². The van der Waals surface area contributed by atoms with Crippen LogP contribution in [0.15, 0.2) is 18.2 Å². The summed E-state index contributed by atoms with van der Waals surface area (Å²) in [6, 6.07) is 5.34. The minimum Gasteiger partial charge on any atom is -0.399 e.